The van der Waals surface area contributed by atoms with Crippen molar-refractivity contribution in [2.45, 2.75) is 89.1 Å². The van der Waals surface area contributed by atoms with E-state index < -0.39 is 29.8 Å². The Hall–Kier alpha value is -0.200. The van der Waals surface area contributed by atoms with E-state index in [4.69, 9.17) is 0 Å². The van der Waals surface area contributed by atoms with E-state index in [1.54, 1.807) is 0 Å². The zero-order valence-corrected chi connectivity index (χ0v) is 16.1. The van der Waals surface area contributed by atoms with Crippen molar-refractivity contribution in [2.24, 2.45) is 34.5 Å². The lowest BCUT2D eigenvalue weighted by Gasteiger charge is -2.63. The molecule has 4 rings (SSSR count). The number of hydrogen-bond acceptors (Lipinski definition) is 5. The molecular formula is C21H36O5. The first-order chi connectivity index (χ1) is 12.2. The molecule has 4 saturated carbocycles. The molecule has 0 saturated heterocycles. The second-order valence-electron chi connectivity index (χ2n) is 10.4. The number of aliphatic hydroxyl groups is 5. The van der Waals surface area contributed by atoms with Crippen LogP contribution in [0, 0.1) is 34.5 Å². The van der Waals surface area contributed by atoms with Crippen molar-refractivity contribution < 1.29 is 25.5 Å². The first kappa shape index (κ1) is 19.1. The van der Waals surface area contributed by atoms with Crippen molar-refractivity contribution >= 4 is 0 Å². The van der Waals surface area contributed by atoms with Crippen molar-refractivity contribution in [3.63, 3.8) is 0 Å². The van der Waals surface area contributed by atoms with E-state index in [0.29, 0.717) is 24.7 Å². The van der Waals surface area contributed by atoms with E-state index in [1.807, 2.05) is 6.92 Å². The summed E-state index contributed by atoms with van der Waals surface area (Å²) in [6, 6.07) is 0. The average molecular weight is 369 g/mol. The highest BCUT2D eigenvalue weighted by Crippen LogP contribution is 2.68. The molecule has 5 heteroatoms. The number of hydrogen-bond donors (Lipinski definition) is 5. The van der Waals surface area contributed by atoms with Crippen LogP contribution in [-0.2, 0) is 0 Å². The summed E-state index contributed by atoms with van der Waals surface area (Å²) in [5.41, 5.74) is -1.83. The normalized spacial score (nSPS) is 57.8. The van der Waals surface area contributed by atoms with Gasteiger partial charge < -0.3 is 25.5 Å². The molecule has 5 nitrogen and oxygen atoms in total. The maximum Gasteiger partial charge on any atom is 0.106 e. The SMILES string of the molecule is C[C@]12CC[C@@H](O)C[C@@H]1CC[C@@H]1[C@@H]2[C@H](O)C[C@]2(C)[C@H]1CC[C@]2(O)[C@H](O)CO. The maximum atomic E-state index is 11.3. The summed E-state index contributed by atoms with van der Waals surface area (Å²) in [4.78, 5) is 0. The fourth-order valence-corrected chi connectivity index (χ4v) is 8.10. The smallest absolute Gasteiger partial charge is 0.106 e. The number of aliphatic hydroxyl groups excluding tert-OH is 4. The minimum Gasteiger partial charge on any atom is -0.394 e. The predicted octanol–water partition coefficient (Wildman–Crippen LogP) is 1.45. The Morgan fingerprint density at radius 3 is 2.46 bits per heavy atom. The molecule has 5 N–H and O–H groups in total. The van der Waals surface area contributed by atoms with Gasteiger partial charge in [-0.05, 0) is 80.5 Å². The van der Waals surface area contributed by atoms with E-state index in [9.17, 15) is 25.5 Å². The zero-order chi connectivity index (χ0) is 18.9. The Bertz CT molecular complexity index is 555. The Kier molecular flexibility index (Phi) is 4.52. The van der Waals surface area contributed by atoms with Gasteiger partial charge in [-0.1, -0.05) is 13.8 Å². The molecule has 4 aliphatic rings. The van der Waals surface area contributed by atoms with Crippen molar-refractivity contribution in [2.75, 3.05) is 6.61 Å². The molecule has 4 aliphatic carbocycles. The molecule has 10 atom stereocenters. The van der Waals surface area contributed by atoms with E-state index in [0.717, 1.165) is 38.5 Å². The van der Waals surface area contributed by atoms with Crippen molar-refractivity contribution in [1.29, 1.82) is 0 Å². The van der Waals surface area contributed by atoms with Crippen LogP contribution in [0.25, 0.3) is 0 Å². The van der Waals surface area contributed by atoms with Crippen LogP contribution in [0.4, 0.5) is 0 Å². The van der Waals surface area contributed by atoms with Crippen LogP contribution in [0.15, 0.2) is 0 Å². The molecule has 0 aromatic carbocycles. The summed E-state index contributed by atoms with van der Waals surface area (Å²) in [5.74, 6) is 1.29. The van der Waals surface area contributed by atoms with Crippen LogP contribution in [-0.4, -0.2) is 56.1 Å². The molecule has 0 spiro atoms. The van der Waals surface area contributed by atoms with Crippen LogP contribution in [0.1, 0.15) is 65.2 Å². The zero-order valence-electron chi connectivity index (χ0n) is 16.1. The molecule has 0 heterocycles. The largest absolute Gasteiger partial charge is 0.394 e. The highest BCUT2D eigenvalue weighted by Gasteiger charge is 2.68. The van der Waals surface area contributed by atoms with Gasteiger partial charge >= 0.3 is 0 Å². The molecule has 26 heavy (non-hydrogen) atoms. The molecule has 0 unspecified atom stereocenters. The molecule has 0 aromatic rings. The fraction of sp³-hybridized carbons (Fsp3) is 1.00. The van der Waals surface area contributed by atoms with Gasteiger partial charge in [0.25, 0.3) is 0 Å². The summed E-state index contributed by atoms with van der Waals surface area (Å²) in [6.07, 6.45) is 4.70. The van der Waals surface area contributed by atoms with Gasteiger partial charge in [0.15, 0.2) is 0 Å². The van der Waals surface area contributed by atoms with Crippen LogP contribution in [0.3, 0.4) is 0 Å². The van der Waals surface area contributed by atoms with Crippen LogP contribution >= 0.6 is 0 Å². The highest BCUT2D eigenvalue weighted by molar-refractivity contribution is 5.17. The molecule has 0 amide bonds. The Labute approximate surface area is 156 Å². The van der Waals surface area contributed by atoms with Crippen LogP contribution < -0.4 is 0 Å². The second-order valence-corrected chi connectivity index (χ2v) is 10.4. The lowest BCUT2D eigenvalue weighted by Crippen LogP contribution is -2.64. The van der Waals surface area contributed by atoms with Crippen LogP contribution in [0.2, 0.25) is 0 Å². The van der Waals surface area contributed by atoms with E-state index in [1.165, 1.54) is 0 Å². The van der Waals surface area contributed by atoms with E-state index in [-0.39, 0.29) is 23.4 Å². The quantitative estimate of drug-likeness (QED) is 0.508. The van der Waals surface area contributed by atoms with Gasteiger partial charge in [-0.2, -0.15) is 0 Å². The summed E-state index contributed by atoms with van der Waals surface area (Å²) >= 11 is 0. The highest BCUT2D eigenvalue weighted by atomic mass is 16.4. The van der Waals surface area contributed by atoms with Gasteiger partial charge in [-0.25, -0.2) is 0 Å². The molecule has 0 radical (unpaired) electrons. The number of rotatable bonds is 2. The molecule has 0 bridgehead atoms. The van der Waals surface area contributed by atoms with Crippen molar-refractivity contribution in [3.8, 4) is 0 Å². The van der Waals surface area contributed by atoms with Gasteiger partial charge in [-0.15, -0.1) is 0 Å². The first-order valence-electron chi connectivity index (χ1n) is 10.5. The molecule has 150 valence electrons. The first-order valence-corrected chi connectivity index (χ1v) is 10.5. The monoisotopic (exact) mass is 368 g/mol. The van der Waals surface area contributed by atoms with E-state index in [2.05, 4.69) is 6.92 Å². The Balaban J connectivity index is 1.68. The minimum absolute atomic E-state index is 0.0548. The van der Waals surface area contributed by atoms with Gasteiger partial charge in [0.2, 0.25) is 0 Å². The molecule has 0 aromatic heterocycles. The summed E-state index contributed by atoms with van der Waals surface area (Å²) < 4.78 is 0. The maximum absolute atomic E-state index is 11.3. The Morgan fingerprint density at radius 1 is 1.04 bits per heavy atom. The molecular weight excluding hydrogens is 332 g/mol. The third-order valence-electron chi connectivity index (χ3n) is 9.51. The van der Waals surface area contributed by atoms with Crippen LogP contribution in [0.5, 0.6) is 0 Å². The van der Waals surface area contributed by atoms with Crippen molar-refractivity contribution in [1.82, 2.24) is 0 Å². The molecule has 4 fully saturated rings. The van der Waals surface area contributed by atoms with Gasteiger partial charge in [0.05, 0.1) is 24.4 Å². The standard InChI is InChI=1S/C21H36O5/c1-19-7-5-13(23)9-12(19)3-4-14-15-6-8-21(26,17(25)11-22)20(15,2)10-16(24)18(14)19/h12-18,22-26H,3-11H2,1-2H3/t12-,13+,14-,15-,16+,17+,18+,19-,20+,21-/m0/s1. The average Bonchev–Trinajstić information content (AvgIpc) is 2.86. The summed E-state index contributed by atoms with van der Waals surface area (Å²) in [5, 5.41) is 52.5. The fourth-order valence-electron chi connectivity index (χ4n) is 8.10. The second kappa shape index (κ2) is 6.15. The summed E-state index contributed by atoms with van der Waals surface area (Å²) in [6.45, 7) is 3.89. The molecule has 0 aliphatic heterocycles. The predicted molar refractivity (Wildman–Crippen MR) is 97.2 cm³/mol. The van der Waals surface area contributed by atoms with Gasteiger partial charge in [-0.3, -0.25) is 0 Å². The third-order valence-corrected chi connectivity index (χ3v) is 9.51. The summed E-state index contributed by atoms with van der Waals surface area (Å²) in [7, 11) is 0. The lowest BCUT2D eigenvalue weighted by atomic mass is 9.43. The van der Waals surface area contributed by atoms with Crippen molar-refractivity contribution in [3.05, 3.63) is 0 Å². The lowest BCUT2D eigenvalue weighted by molar-refractivity contribution is -0.224. The topological polar surface area (TPSA) is 101 Å². The number of fused-ring (bicyclic) bond motifs is 5. The minimum atomic E-state index is -1.32. The van der Waals surface area contributed by atoms with Gasteiger partial charge in [0.1, 0.15) is 6.10 Å². The van der Waals surface area contributed by atoms with Gasteiger partial charge in [0, 0.05) is 5.41 Å². The van der Waals surface area contributed by atoms with E-state index >= 15 is 0 Å². The third kappa shape index (κ3) is 2.33. The Morgan fingerprint density at radius 2 is 1.77 bits per heavy atom.